The standard InChI is InChI=1S/C24H18ClFN2O3/c1-14-18(25)8-5-9-19(14)27-23(29)20-21(15-10-12-16(26)13-11-15)28(31-22(20)24(27)30)17-6-3-2-4-7-17/h2-13,20-22H,1H3/t20-,21+,22+/m0/s1. The van der Waals surface area contributed by atoms with Crippen molar-refractivity contribution >= 4 is 34.8 Å². The number of hydrogen-bond acceptors (Lipinski definition) is 4. The fraction of sp³-hybridized carbons (Fsp3) is 0.167. The molecule has 5 nitrogen and oxygen atoms in total. The van der Waals surface area contributed by atoms with E-state index in [1.807, 2.05) is 30.3 Å². The Balaban J connectivity index is 1.60. The number of hydrogen-bond donors (Lipinski definition) is 0. The second-order valence-corrected chi connectivity index (χ2v) is 8.01. The number of carbonyl (C=O) groups is 2. The molecule has 2 aliphatic heterocycles. The molecule has 7 heteroatoms. The van der Waals surface area contributed by atoms with Crippen molar-refractivity contribution in [1.29, 1.82) is 0 Å². The summed E-state index contributed by atoms with van der Waals surface area (Å²) in [5, 5.41) is 2.05. The highest BCUT2D eigenvalue weighted by atomic mass is 35.5. The average molecular weight is 437 g/mol. The number of para-hydroxylation sites is 1. The fourth-order valence-corrected chi connectivity index (χ4v) is 4.46. The number of benzene rings is 3. The number of nitrogens with zero attached hydrogens (tertiary/aromatic N) is 2. The summed E-state index contributed by atoms with van der Waals surface area (Å²) in [6.45, 7) is 1.76. The third kappa shape index (κ3) is 3.10. The van der Waals surface area contributed by atoms with Crippen molar-refractivity contribution in [1.82, 2.24) is 0 Å². The molecule has 5 rings (SSSR count). The lowest BCUT2D eigenvalue weighted by molar-refractivity contribution is -0.126. The van der Waals surface area contributed by atoms with Gasteiger partial charge in [0, 0.05) is 5.02 Å². The Bertz CT molecular complexity index is 1170. The number of imide groups is 1. The van der Waals surface area contributed by atoms with Crippen LogP contribution >= 0.6 is 11.6 Å². The van der Waals surface area contributed by atoms with Crippen molar-refractivity contribution in [3.8, 4) is 0 Å². The molecule has 2 heterocycles. The summed E-state index contributed by atoms with van der Waals surface area (Å²) in [5.74, 6) is -1.97. The Hall–Kier alpha value is -3.22. The number of anilines is 2. The normalized spacial score (nSPS) is 22.9. The molecule has 0 spiro atoms. The lowest BCUT2D eigenvalue weighted by Crippen LogP contribution is -2.37. The van der Waals surface area contributed by atoms with E-state index in [4.69, 9.17) is 16.4 Å². The molecule has 0 unspecified atom stereocenters. The monoisotopic (exact) mass is 436 g/mol. The zero-order chi connectivity index (χ0) is 21.7. The van der Waals surface area contributed by atoms with E-state index in [1.54, 1.807) is 42.3 Å². The highest BCUT2D eigenvalue weighted by Crippen LogP contribution is 2.48. The topological polar surface area (TPSA) is 49.9 Å². The molecule has 2 aliphatic rings. The molecule has 156 valence electrons. The van der Waals surface area contributed by atoms with Crippen molar-refractivity contribution in [2.75, 3.05) is 9.96 Å². The van der Waals surface area contributed by atoms with Gasteiger partial charge in [0.2, 0.25) is 5.91 Å². The summed E-state index contributed by atoms with van der Waals surface area (Å²) in [6.07, 6.45) is -0.985. The van der Waals surface area contributed by atoms with Gasteiger partial charge in [-0.2, -0.15) is 0 Å². The van der Waals surface area contributed by atoms with Crippen molar-refractivity contribution in [3.63, 3.8) is 0 Å². The van der Waals surface area contributed by atoms with Crippen LogP contribution in [0.3, 0.4) is 0 Å². The van der Waals surface area contributed by atoms with E-state index in [2.05, 4.69) is 0 Å². The summed E-state index contributed by atoms with van der Waals surface area (Å²) in [4.78, 5) is 34.1. The zero-order valence-corrected chi connectivity index (χ0v) is 17.3. The third-order valence-corrected chi connectivity index (χ3v) is 6.23. The van der Waals surface area contributed by atoms with Crippen LogP contribution in [-0.2, 0) is 14.4 Å². The smallest absolute Gasteiger partial charge is 0.266 e. The van der Waals surface area contributed by atoms with E-state index in [1.165, 1.54) is 12.1 Å². The summed E-state index contributed by atoms with van der Waals surface area (Å²) in [7, 11) is 0. The van der Waals surface area contributed by atoms with Gasteiger partial charge in [-0.3, -0.25) is 14.4 Å². The maximum Gasteiger partial charge on any atom is 0.266 e. The Labute approximate surface area is 183 Å². The summed E-state index contributed by atoms with van der Waals surface area (Å²) >= 11 is 6.23. The lowest BCUT2D eigenvalue weighted by atomic mass is 9.90. The van der Waals surface area contributed by atoms with E-state index in [0.717, 1.165) is 4.90 Å². The van der Waals surface area contributed by atoms with Crippen LogP contribution in [0.1, 0.15) is 17.2 Å². The maximum atomic E-state index is 13.6. The Morgan fingerprint density at radius 3 is 2.32 bits per heavy atom. The number of amides is 2. The molecule has 3 aromatic rings. The first kappa shape index (κ1) is 19.7. The fourth-order valence-electron chi connectivity index (χ4n) is 4.29. The predicted octanol–water partition coefficient (Wildman–Crippen LogP) is 4.84. The minimum atomic E-state index is -0.985. The van der Waals surface area contributed by atoms with Gasteiger partial charge in [-0.1, -0.05) is 48.0 Å². The third-order valence-electron chi connectivity index (χ3n) is 5.82. The van der Waals surface area contributed by atoms with Gasteiger partial charge in [-0.15, -0.1) is 0 Å². The molecule has 2 fully saturated rings. The van der Waals surface area contributed by atoms with E-state index >= 15 is 0 Å². The maximum absolute atomic E-state index is 13.6. The van der Waals surface area contributed by atoms with Crippen molar-refractivity contribution in [3.05, 3.63) is 94.8 Å². The molecule has 3 aromatic carbocycles. The summed E-state index contributed by atoms with van der Waals surface area (Å²) in [6, 6.07) is 19.7. The first-order valence-corrected chi connectivity index (χ1v) is 10.2. The molecule has 0 bridgehead atoms. The number of hydroxylamine groups is 1. The minimum Gasteiger partial charge on any atom is -0.273 e. The zero-order valence-electron chi connectivity index (χ0n) is 16.5. The second-order valence-electron chi connectivity index (χ2n) is 7.61. The van der Waals surface area contributed by atoms with E-state index < -0.39 is 24.0 Å². The van der Waals surface area contributed by atoms with Crippen molar-refractivity contribution < 1.29 is 18.8 Å². The van der Waals surface area contributed by atoms with Gasteiger partial charge in [0.25, 0.3) is 5.91 Å². The molecular formula is C24H18ClFN2O3. The lowest BCUT2D eigenvalue weighted by Gasteiger charge is -2.29. The van der Waals surface area contributed by atoms with Crippen LogP contribution in [-0.4, -0.2) is 17.9 Å². The molecule has 31 heavy (non-hydrogen) atoms. The molecule has 2 amide bonds. The average Bonchev–Trinajstić information content (AvgIpc) is 3.28. The molecular weight excluding hydrogens is 419 g/mol. The molecule has 0 aromatic heterocycles. The Kier molecular flexibility index (Phi) is 4.76. The SMILES string of the molecule is Cc1c(Cl)cccc1N1C(=O)[C@H]2[C@@H](c3ccc(F)cc3)N(c3ccccc3)O[C@H]2C1=O. The van der Waals surface area contributed by atoms with Gasteiger partial charge in [-0.25, -0.2) is 14.4 Å². The Morgan fingerprint density at radius 2 is 1.61 bits per heavy atom. The van der Waals surface area contributed by atoms with Crippen LogP contribution in [0.25, 0.3) is 0 Å². The molecule has 2 saturated heterocycles. The van der Waals surface area contributed by atoms with Crippen LogP contribution in [0.2, 0.25) is 5.02 Å². The number of halogens is 2. The van der Waals surface area contributed by atoms with Crippen LogP contribution in [0.4, 0.5) is 15.8 Å². The largest absolute Gasteiger partial charge is 0.273 e. The molecule has 0 radical (unpaired) electrons. The number of carbonyl (C=O) groups excluding carboxylic acids is 2. The molecule has 0 saturated carbocycles. The number of rotatable bonds is 3. The molecule has 0 aliphatic carbocycles. The summed E-state index contributed by atoms with van der Waals surface area (Å²) < 4.78 is 13.6. The predicted molar refractivity (Wildman–Crippen MR) is 115 cm³/mol. The number of fused-ring (bicyclic) bond motifs is 1. The van der Waals surface area contributed by atoms with Crippen LogP contribution in [0.15, 0.2) is 72.8 Å². The van der Waals surface area contributed by atoms with Gasteiger partial charge in [0.15, 0.2) is 6.10 Å². The van der Waals surface area contributed by atoms with Crippen molar-refractivity contribution in [2.45, 2.75) is 19.1 Å². The quantitative estimate of drug-likeness (QED) is 0.551. The van der Waals surface area contributed by atoms with Crippen LogP contribution in [0.5, 0.6) is 0 Å². The van der Waals surface area contributed by atoms with E-state index in [-0.39, 0.29) is 11.7 Å². The van der Waals surface area contributed by atoms with E-state index in [9.17, 15) is 14.0 Å². The second kappa shape index (κ2) is 7.48. The van der Waals surface area contributed by atoms with Gasteiger partial charge < -0.3 is 0 Å². The van der Waals surface area contributed by atoms with Crippen LogP contribution in [0, 0.1) is 18.7 Å². The molecule has 3 atom stereocenters. The van der Waals surface area contributed by atoms with Gasteiger partial charge in [0.05, 0.1) is 17.4 Å². The minimum absolute atomic E-state index is 0.367. The van der Waals surface area contributed by atoms with Gasteiger partial charge >= 0.3 is 0 Å². The first-order chi connectivity index (χ1) is 15.0. The highest BCUT2D eigenvalue weighted by molar-refractivity contribution is 6.32. The van der Waals surface area contributed by atoms with Gasteiger partial charge in [0.1, 0.15) is 11.7 Å². The highest BCUT2D eigenvalue weighted by Gasteiger charge is 2.60. The summed E-state index contributed by atoms with van der Waals surface area (Å²) in [5.41, 5.74) is 2.48. The van der Waals surface area contributed by atoms with E-state index in [0.29, 0.717) is 27.5 Å². The van der Waals surface area contributed by atoms with Gasteiger partial charge in [-0.05, 0) is 54.4 Å². The first-order valence-electron chi connectivity index (χ1n) is 9.87. The van der Waals surface area contributed by atoms with Crippen molar-refractivity contribution in [2.24, 2.45) is 5.92 Å². The van der Waals surface area contributed by atoms with Crippen LogP contribution < -0.4 is 9.96 Å². The Morgan fingerprint density at radius 1 is 0.903 bits per heavy atom. The molecule has 0 N–H and O–H groups in total.